The van der Waals surface area contributed by atoms with Crippen LogP contribution in [0.2, 0.25) is 10.3 Å². The smallest absolute Gasteiger partial charge is 0.253 e. The first-order valence-electron chi connectivity index (χ1n) is 7.05. The maximum atomic E-state index is 13.1. The summed E-state index contributed by atoms with van der Waals surface area (Å²) in [4.78, 5) is 17.1. The summed E-state index contributed by atoms with van der Waals surface area (Å²) in [5.74, 6) is -0.219. The van der Waals surface area contributed by atoms with Gasteiger partial charge in [-0.2, -0.15) is 0 Å². The number of hydrogen-bond donors (Lipinski definition) is 2. The molecule has 1 amide bonds. The first-order chi connectivity index (χ1) is 10.8. The summed E-state index contributed by atoms with van der Waals surface area (Å²) in [7, 11) is 1.60. The van der Waals surface area contributed by atoms with E-state index in [9.17, 15) is 4.79 Å². The first-order valence-corrected chi connectivity index (χ1v) is 8.21. The van der Waals surface area contributed by atoms with Crippen molar-refractivity contribution in [1.82, 2.24) is 15.4 Å². The molecule has 23 heavy (non-hydrogen) atoms. The minimum absolute atomic E-state index is 0.0334. The maximum Gasteiger partial charge on any atom is 0.253 e. The molecular formula is C14H16Cl2N4O2S. The molecule has 2 fully saturated rings. The van der Waals surface area contributed by atoms with E-state index in [4.69, 9.17) is 45.9 Å². The third kappa shape index (κ3) is 2.70. The summed E-state index contributed by atoms with van der Waals surface area (Å²) in [5.41, 5.74) is 8.38. The lowest BCUT2D eigenvalue weighted by molar-refractivity contribution is -0.197. The van der Waals surface area contributed by atoms with Gasteiger partial charge in [0, 0.05) is 12.5 Å². The predicted octanol–water partition coefficient (Wildman–Crippen LogP) is 1.64. The Hall–Kier alpha value is -0.990. The van der Waals surface area contributed by atoms with Gasteiger partial charge in [0.05, 0.1) is 18.6 Å². The van der Waals surface area contributed by atoms with Crippen molar-refractivity contribution in [3.63, 3.8) is 0 Å². The summed E-state index contributed by atoms with van der Waals surface area (Å²) in [6, 6.07) is 3.34. The average Bonchev–Trinajstić information content (AvgIpc) is 2.35. The van der Waals surface area contributed by atoms with Gasteiger partial charge < -0.3 is 10.5 Å². The summed E-state index contributed by atoms with van der Waals surface area (Å²) < 4.78 is 5.32. The van der Waals surface area contributed by atoms with Crippen LogP contribution in [0, 0.1) is 5.41 Å². The number of nitrogens with zero attached hydrogens (tertiary/aromatic N) is 2. The number of nitrogens with two attached hydrogens (primary N) is 1. The number of hydrazine groups is 1. The standard InChI is InChI=1S/C14H16Cl2N4O2S/c1-18-20(12(17)23)11(21)14(4-13(5-14)6-22-7-13)8-2-9(15)19-10(16)3-8/h2-3,18H,4-7H2,1H3,(H2,17,23). The number of pyridine rings is 1. The van der Waals surface area contributed by atoms with Gasteiger partial charge >= 0.3 is 0 Å². The number of amides is 1. The molecule has 3 rings (SSSR count). The highest BCUT2D eigenvalue weighted by Crippen LogP contribution is 2.60. The second-order valence-corrected chi connectivity index (χ2v) is 7.32. The van der Waals surface area contributed by atoms with Crippen molar-refractivity contribution in [2.75, 3.05) is 20.3 Å². The topological polar surface area (TPSA) is 80.5 Å². The number of ether oxygens (including phenoxy) is 1. The number of nitrogens with one attached hydrogen (secondary N) is 1. The highest BCUT2D eigenvalue weighted by Gasteiger charge is 2.63. The fourth-order valence-corrected chi connectivity index (χ4v) is 4.20. The lowest BCUT2D eigenvalue weighted by Crippen LogP contribution is -2.67. The molecule has 3 N–H and O–H groups in total. The zero-order valence-electron chi connectivity index (χ0n) is 12.4. The van der Waals surface area contributed by atoms with Crippen LogP contribution >= 0.6 is 35.4 Å². The summed E-state index contributed by atoms with van der Waals surface area (Å²) >= 11 is 17.0. The number of carbonyl (C=O) groups is 1. The van der Waals surface area contributed by atoms with Crippen molar-refractivity contribution in [3.05, 3.63) is 28.0 Å². The molecule has 0 atom stereocenters. The van der Waals surface area contributed by atoms with E-state index in [0.29, 0.717) is 26.1 Å². The van der Waals surface area contributed by atoms with Crippen molar-refractivity contribution in [1.29, 1.82) is 0 Å². The van der Waals surface area contributed by atoms with Crippen LogP contribution in [0.4, 0.5) is 0 Å². The molecule has 2 aliphatic rings. The van der Waals surface area contributed by atoms with Gasteiger partial charge in [-0.25, -0.2) is 15.4 Å². The molecule has 6 nitrogen and oxygen atoms in total. The van der Waals surface area contributed by atoms with Crippen LogP contribution in [0.15, 0.2) is 12.1 Å². The minimum atomic E-state index is -0.785. The van der Waals surface area contributed by atoms with E-state index in [1.54, 1.807) is 19.2 Å². The molecule has 1 aliphatic carbocycles. The molecule has 1 saturated heterocycles. The normalized spacial score (nSPS) is 20.5. The maximum absolute atomic E-state index is 13.1. The van der Waals surface area contributed by atoms with Gasteiger partial charge in [-0.3, -0.25) is 4.79 Å². The van der Waals surface area contributed by atoms with Crippen LogP contribution in [0.25, 0.3) is 0 Å². The second kappa shape index (κ2) is 5.82. The van der Waals surface area contributed by atoms with Gasteiger partial charge in [-0.15, -0.1) is 0 Å². The molecule has 124 valence electrons. The zero-order chi connectivity index (χ0) is 16.8. The average molecular weight is 375 g/mol. The van der Waals surface area contributed by atoms with Crippen LogP contribution in [-0.2, 0) is 14.9 Å². The van der Waals surface area contributed by atoms with E-state index in [1.807, 2.05) is 0 Å². The molecule has 2 heterocycles. The van der Waals surface area contributed by atoms with Gasteiger partial charge in [0.25, 0.3) is 5.91 Å². The van der Waals surface area contributed by atoms with Gasteiger partial charge in [-0.05, 0) is 42.8 Å². The number of aromatic nitrogens is 1. The minimum Gasteiger partial charge on any atom is -0.380 e. The number of thiocarbonyl (C=S) groups is 1. The molecule has 0 unspecified atom stereocenters. The van der Waals surface area contributed by atoms with Crippen molar-refractivity contribution < 1.29 is 9.53 Å². The Balaban J connectivity index is 2.01. The molecule has 1 aromatic heterocycles. The van der Waals surface area contributed by atoms with E-state index in [-0.39, 0.29) is 26.7 Å². The van der Waals surface area contributed by atoms with Gasteiger partial charge in [-0.1, -0.05) is 23.2 Å². The number of carbonyl (C=O) groups excluding carboxylic acids is 1. The van der Waals surface area contributed by atoms with Crippen LogP contribution in [0.3, 0.4) is 0 Å². The lowest BCUT2D eigenvalue weighted by atomic mass is 9.49. The molecule has 1 spiro atoms. The Bertz CT molecular complexity index is 652. The van der Waals surface area contributed by atoms with Gasteiger partial charge in [0.1, 0.15) is 10.3 Å². The van der Waals surface area contributed by atoms with Gasteiger partial charge in [0.2, 0.25) is 0 Å². The van der Waals surface area contributed by atoms with Crippen LogP contribution in [-0.4, -0.2) is 41.3 Å². The van der Waals surface area contributed by atoms with E-state index in [0.717, 1.165) is 5.56 Å². The first kappa shape index (κ1) is 16.9. The third-order valence-electron chi connectivity index (χ3n) is 4.54. The summed E-state index contributed by atoms with van der Waals surface area (Å²) in [6.07, 6.45) is 1.27. The number of rotatable bonds is 3. The van der Waals surface area contributed by atoms with Crippen molar-refractivity contribution in [2.24, 2.45) is 11.1 Å². The zero-order valence-corrected chi connectivity index (χ0v) is 14.8. The Kier molecular flexibility index (Phi) is 4.27. The molecule has 1 saturated carbocycles. The molecule has 9 heteroatoms. The Morgan fingerprint density at radius 1 is 1.39 bits per heavy atom. The highest BCUT2D eigenvalue weighted by molar-refractivity contribution is 7.80. The Morgan fingerprint density at radius 2 is 1.96 bits per heavy atom. The van der Waals surface area contributed by atoms with Crippen LogP contribution in [0.1, 0.15) is 18.4 Å². The highest BCUT2D eigenvalue weighted by atomic mass is 35.5. The quantitative estimate of drug-likeness (QED) is 0.475. The Labute approximate surface area is 149 Å². The van der Waals surface area contributed by atoms with E-state index in [2.05, 4.69) is 10.4 Å². The molecule has 0 radical (unpaired) electrons. The van der Waals surface area contributed by atoms with Crippen LogP contribution < -0.4 is 11.2 Å². The van der Waals surface area contributed by atoms with Crippen LogP contribution in [0.5, 0.6) is 0 Å². The third-order valence-corrected chi connectivity index (χ3v) is 5.11. The monoisotopic (exact) mass is 374 g/mol. The molecule has 1 aliphatic heterocycles. The number of hydrogen-bond acceptors (Lipinski definition) is 5. The fourth-order valence-electron chi connectivity index (χ4n) is 3.57. The molecule has 0 aromatic carbocycles. The fraction of sp³-hybridized carbons (Fsp3) is 0.500. The van der Waals surface area contributed by atoms with Gasteiger partial charge in [0.15, 0.2) is 5.11 Å². The largest absolute Gasteiger partial charge is 0.380 e. The molecule has 1 aromatic rings. The number of halogens is 2. The van der Waals surface area contributed by atoms with E-state index >= 15 is 0 Å². The summed E-state index contributed by atoms with van der Waals surface area (Å²) in [5, 5.41) is 1.65. The van der Waals surface area contributed by atoms with E-state index in [1.165, 1.54) is 5.01 Å². The second-order valence-electron chi connectivity index (χ2n) is 6.13. The predicted molar refractivity (Wildman–Crippen MR) is 91.1 cm³/mol. The Morgan fingerprint density at radius 3 is 2.35 bits per heavy atom. The molecular weight excluding hydrogens is 359 g/mol. The molecule has 0 bridgehead atoms. The SMILES string of the molecule is CNN(C(=O)C1(c2cc(Cl)nc(Cl)c2)CC2(COC2)C1)C(N)=S. The summed E-state index contributed by atoms with van der Waals surface area (Å²) in [6.45, 7) is 1.31. The van der Waals surface area contributed by atoms with E-state index < -0.39 is 5.41 Å². The lowest BCUT2D eigenvalue weighted by Gasteiger charge is -2.60. The van der Waals surface area contributed by atoms with Crippen molar-refractivity contribution in [2.45, 2.75) is 18.3 Å². The van der Waals surface area contributed by atoms with Crippen molar-refractivity contribution >= 4 is 46.4 Å². The van der Waals surface area contributed by atoms with Crippen molar-refractivity contribution in [3.8, 4) is 0 Å².